The Morgan fingerprint density at radius 2 is 1.94 bits per heavy atom. The molecule has 0 amide bonds. The molecular formula is C26H35FO6. The summed E-state index contributed by atoms with van der Waals surface area (Å²) in [6.45, 7) is 8.16. The third-order valence-corrected chi connectivity index (χ3v) is 9.31. The minimum absolute atomic E-state index is 0.138. The highest BCUT2D eigenvalue weighted by Gasteiger charge is 2.73. The first kappa shape index (κ1) is 24.3. The summed E-state index contributed by atoms with van der Waals surface area (Å²) in [7, 11) is 0. The third-order valence-electron chi connectivity index (χ3n) is 9.31. The molecule has 0 bridgehead atoms. The highest BCUT2D eigenvalue weighted by Crippen LogP contribution is 2.69. The molecule has 33 heavy (non-hydrogen) atoms. The summed E-state index contributed by atoms with van der Waals surface area (Å²) in [6, 6.07) is 0. The second-order valence-electron chi connectivity index (χ2n) is 11.3. The molecule has 0 aliphatic heterocycles. The number of halogens is 1. The number of hydrogen-bond donors (Lipinski definition) is 2. The Kier molecular flexibility index (Phi) is 5.77. The van der Waals surface area contributed by atoms with Crippen LogP contribution in [0.2, 0.25) is 0 Å². The molecule has 4 aliphatic rings. The van der Waals surface area contributed by atoms with Crippen LogP contribution in [-0.4, -0.2) is 52.2 Å². The van der Waals surface area contributed by atoms with Crippen molar-refractivity contribution in [2.45, 2.75) is 71.8 Å². The van der Waals surface area contributed by atoms with Crippen molar-refractivity contribution in [2.24, 2.45) is 40.4 Å². The first-order chi connectivity index (χ1) is 15.3. The monoisotopic (exact) mass is 462 g/mol. The quantitative estimate of drug-likeness (QED) is 0.623. The fourth-order valence-electron chi connectivity index (χ4n) is 7.91. The van der Waals surface area contributed by atoms with Crippen molar-refractivity contribution >= 4 is 17.5 Å². The van der Waals surface area contributed by atoms with E-state index >= 15 is 4.39 Å². The lowest BCUT2D eigenvalue weighted by Gasteiger charge is -2.60. The summed E-state index contributed by atoms with van der Waals surface area (Å²) < 4.78 is 21.5. The first-order valence-electron chi connectivity index (χ1n) is 12.0. The fraction of sp³-hybridized carbons (Fsp3) is 0.731. The number of aliphatic hydroxyl groups is 2. The third kappa shape index (κ3) is 3.14. The number of carbonyl (C=O) groups excluding carboxylic acids is 3. The molecule has 3 saturated carbocycles. The molecule has 4 aliphatic carbocycles. The van der Waals surface area contributed by atoms with Crippen LogP contribution in [0, 0.1) is 40.4 Å². The van der Waals surface area contributed by atoms with Crippen LogP contribution in [0.5, 0.6) is 0 Å². The van der Waals surface area contributed by atoms with E-state index in [1.807, 2.05) is 20.8 Å². The van der Waals surface area contributed by atoms with Crippen LogP contribution in [-0.2, 0) is 19.1 Å². The Morgan fingerprint density at radius 1 is 1.27 bits per heavy atom. The van der Waals surface area contributed by atoms with Gasteiger partial charge in [0.05, 0.1) is 12.0 Å². The average Bonchev–Trinajstić information content (AvgIpc) is 2.96. The maximum absolute atomic E-state index is 15.5. The van der Waals surface area contributed by atoms with Gasteiger partial charge in [-0.15, -0.1) is 0 Å². The molecule has 0 aromatic rings. The molecule has 3 fully saturated rings. The lowest BCUT2D eigenvalue weighted by atomic mass is 9.46. The zero-order chi connectivity index (χ0) is 24.5. The van der Waals surface area contributed by atoms with Gasteiger partial charge in [0, 0.05) is 22.7 Å². The Balaban J connectivity index is 1.82. The number of esters is 1. The molecular weight excluding hydrogens is 427 g/mol. The van der Waals surface area contributed by atoms with E-state index in [0.717, 1.165) is 0 Å². The Labute approximate surface area is 194 Å². The first-order valence-corrected chi connectivity index (χ1v) is 12.0. The van der Waals surface area contributed by atoms with E-state index in [4.69, 9.17) is 4.74 Å². The number of aliphatic hydroxyl groups excluding tert-OH is 2. The molecule has 0 heterocycles. The molecule has 182 valence electrons. The van der Waals surface area contributed by atoms with Crippen LogP contribution in [0.25, 0.3) is 0 Å². The van der Waals surface area contributed by atoms with Crippen LogP contribution < -0.4 is 0 Å². The van der Waals surface area contributed by atoms with E-state index in [1.54, 1.807) is 19.9 Å². The number of rotatable bonds is 4. The molecule has 0 saturated heterocycles. The van der Waals surface area contributed by atoms with Crippen molar-refractivity contribution in [1.82, 2.24) is 0 Å². The van der Waals surface area contributed by atoms with E-state index in [-0.39, 0.29) is 36.4 Å². The van der Waals surface area contributed by atoms with E-state index < -0.39 is 58.9 Å². The van der Waals surface area contributed by atoms with Crippen molar-refractivity contribution < 1.29 is 33.7 Å². The van der Waals surface area contributed by atoms with Gasteiger partial charge in [0.2, 0.25) is 5.78 Å². The number of carbonyl (C=O) groups is 3. The Bertz CT molecular complexity index is 939. The van der Waals surface area contributed by atoms with Gasteiger partial charge in [-0.1, -0.05) is 40.7 Å². The predicted molar refractivity (Wildman–Crippen MR) is 119 cm³/mol. The molecule has 0 radical (unpaired) electrons. The number of ketones is 2. The topological polar surface area (TPSA) is 101 Å². The zero-order valence-corrected chi connectivity index (χ0v) is 20.0. The van der Waals surface area contributed by atoms with E-state index in [1.165, 1.54) is 12.2 Å². The molecule has 2 unspecified atom stereocenters. The van der Waals surface area contributed by atoms with Crippen LogP contribution in [0.1, 0.15) is 53.9 Å². The van der Waals surface area contributed by atoms with Gasteiger partial charge in [-0.25, -0.2) is 4.39 Å². The van der Waals surface area contributed by atoms with Gasteiger partial charge in [-0.05, 0) is 48.8 Å². The van der Waals surface area contributed by atoms with E-state index in [2.05, 4.69) is 0 Å². The van der Waals surface area contributed by atoms with Gasteiger partial charge < -0.3 is 14.9 Å². The largest absolute Gasteiger partial charge is 0.450 e. The minimum atomic E-state index is -1.58. The minimum Gasteiger partial charge on any atom is -0.450 e. The molecule has 6 nitrogen and oxygen atoms in total. The summed E-state index contributed by atoms with van der Waals surface area (Å²) in [5.41, 5.74) is -2.93. The maximum atomic E-state index is 15.5. The van der Waals surface area contributed by atoms with Gasteiger partial charge in [0.15, 0.2) is 11.4 Å². The fourth-order valence-corrected chi connectivity index (χ4v) is 7.91. The highest BCUT2D eigenvalue weighted by molar-refractivity contribution is 6.01. The molecule has 0 spiro atoms. The van der Waals surface area contributed by atoms with Gasteiger partial charge in [-0.3, -0.25) is 14.4 Å². The molecule has 7 heteroatoms. The van der Waals surface area contributed by atoms with Crippen molar-refractivity contribution in [3.63, 3.8) is 0 Å². The second kappa shape index (κ2) is 7.84. The van der Waals surface area contributed by atoms with Crippen molar-refractivity contribution in [3.05, 3.63) is 23.8 Å². The van der Waals surface area contributed by atoms with Crippen LogP contribution in [0.3, 0.4) is 0 Å². The molecule has 0 aromatic carbocycles. The maximum Gasteiger partial charge on any atom is 0.309 e. The summed E-state index contributed by atoms with van der Waals surface area (Å²) >= 11 is 0. The zero-order valence-electron chi connectivity index (χ0n) is 20.0. The van der Waals surface area contributed by atoms with Gasteiger partial charge in [0.1, 0.15) is 12.8 Å². The molecule has 0 aromatic heterocycles. The number of hydrogen-bond acceptors (Lipinski definition) is 6. The predicted octanol–water partition coefficient (Wildman–Crippen LogP) is 2.96. The van der Waals surface area contributed by atoms with Gasteiger partial charge >= 0.3 is 5.97 Å². The number of Topliss-reactive ketones (excluding diaryl/α,β-unsaturated/α-hetero) is 1. The smallest absolute Gasteiger partial charge is 0.309 e. The molecule has 2 N–H and O–H groups in total. The lowest BCUT2D eigenvalue weighted by molar-refractivity contribution is -0.208. The van der Waals surface area contributed by atoms with Crippen LogP contribution in [0.15, 0.2) is 23.8 Å². The summed E-state index contributed by atoms with van der Waals surface area (Å²) in [5, 5.41) is 21.4. The van der Waals surface area contributed by atoms with Crippen molar-refractivity contribution in [2.75, 3.05) is 6.61 Å². The van der Waals surface area contributed by atoms with Crippen molar-refractivity contribution in [3.8, 4) is 0 Å². The lowest BCUT2D eigenvalue weighted by Crippen LogP contribution is -2.65. The standard InChI is InChI=1S/C26H35FO6/c1-13(2)23(32)33-26(21(31)12-28)14(3)8-17-16-10-19(27)18-9-15(29)6-7-24(18,4)22(16)20(30)11-25(17,26)5/h6-7,9,13-14,16-17,19-20,22,28,30H,8,10-12H2,1-5H3/t14?,16-,17-,19?,20-,22+,24-,25-,26+/m0/s1. The Morgan fingerprint density at radius 3 is 2.55 bits per heavy atom. The molecule has 9 atom stereocenters. The molecule has 4 rings (SSSR count). The second-order valence-corrected chi connectivity index (χ2v) is 11.3. The summed E-state index contributed by atoms with van der Waals surface area (Å²) in [6.07, 6.45) is 3.14. The number of fused-ring (bicyclic) bond motifs is 5. The number of ether oxygens (including phenoxy) is 1. The number of alkyl halides is 1. The average molecular weight is 463 g/mol. The Hall–Kier alpha value is -1.86. The van der Waals surface area contributed by atoms with Crippen LogP contribution >= 0.6 is 0 Å². The highest BCUT2D eigenvalue weighted by atomic mass is 19.1. The van der Waals surface area contributed by atoms with E-state index in [9.17, 15) is 24.6 Å². The van der Waals surface area contributed by atoms with E-state index in [0.29, 0.717) is 12.0 Å². The summed E-state index contributed by atoms with van der Waals surface area (Å²) in [5.74, 6) is -3.01. The van der Waals surface area contributed by atoms with Crippen molar-refractivity contribution in [1.29, 1.82) is 0 Å². The summed E-state index contributed by atoms with van der Waals surface area (Å²) in [4.78, 5) is 38.0. The van der Waals surface area contributed by atoms with Gasteiger partial charge in [-0.2, -0.15) is 0 Å². The normalized spacial score (nSPS) is 46.3. The SMILES string of the molecule is CC(C)C(=O)O[C@@]1(C(=O)CO)C(C)C[C@H]2[C@@H]3CC(F)C4=CC(=O)C=C[C@]4(C)[C@H]3[C@@H](O)C[C@@]21C. The number of allylic oxidation sites excluding steroid dienone is 4. The van der Waals surface area contributed by atoms with Crippen LogP contribution in [0.4, 0.5) is 4.39 Å². The van der Waals surface area contributed by atoms with Gasteiger partial charge in [0.25, 0.3) is 0 Å².